The zero-order chi connectivity index (χ0) is 8.20. The predicted molar refractivity (Wildman–Crippen MR) is 37.6 cm³/mol. The molecule has 0 radical (unpaired) electrons. The zero-order valence-corrected chi connectivity index (χ0v) is 6.00. The fourth-order valence-corrected chi connectivity index (χ4v) is 0.538. The van der Waals surface area contributed by atoms with Crippen LogP contribution >= 0.6 is 0 Å². The number of aliphatic hydroxyl groups is 1. The first-order chi connectivity index (χ1) is 4.56. The van der Waals surface area contributed by atoms with Crippen LogP contribution in [0.2, 0.25) is 0 Å². The highest BCUT2D eigenvalue weighted by atomic mass is 16.4. The third kappa shape index (κ3) is 1.84. The Morgan fingerprint density at radius 3 is 2.40 bits per heavy atom. The molecule has 0 amide bonds. The summed E-state index contributed by atoms with van der Waals surface area (Å²) in [6, 6.07) is 0. The summed E-state index contributed by atoms with van der Waals surface area (Å²) in [5.41, 5.74) is -1.05. The van der Waals surface area contributed by atoms with Crippen LogP contribution < -0.4 is 0 Å². The summed E-state index contributed by atoms with van der Waals surface area (Å²) in [5, 5.41) is 17.2. The van der Waals surface area contributed by atoms with Gasteiger partial charge in [-0.2, -0.15) is 0 Å². The molecule has 58 valence electrons. The second-order valence-corrected chi connectivity index (χ2v) is 2.52. The van der Waals surface area contributed by atoms with Gasteiger partial charge in [-0.3, -0.25) is 4.79 Å². The molecule has 0 saturated carbocycles. The van der Waals surface area contributed by atoms with Crippen molar-refractivity contribution in [2.75, 3.05) is 6.61 Å². The molecule has 0 aromatic heterocycles. The van der Waals surface area contributed by atoms with Gasteiger partial charge in [0.05, 0.1) is 12.0 Å². The molecule has 0 spiro atoms. The van der Waals surface area contributed by atoms with Crippen LogP contribution in [0.15, 0.2) is 12.7 Å². The van der Waals surface area contributed by atoms with Gasteiger partial charge in [0.15, 0.2) is 0 Å². The maximum absolute atomic E-state index is 10.4. The van der Waals surface area contributed by atoms with E-state index in [4.69, 9.17) is 10.2 Å². The van der Waals surface area contributed by atoms with Crippen molar-refractivity contribution in [3.8, 4) is 0 Å². The molecular weight excluding hydrogens is 132 g/mol. The van der Waals surface area contributed by atoms with E-state index < -0.39 is 11.4 Å². The van der Waals surface area contributed by atoms with E-state index in [0.717, 1.165) is 0 Å². The molecule has 0 rings (SSSR count). The third-order valence-electron chi connectivity index (χ3n) is 1.46. The first-order valence-corrected chi connectivity index (χ1v) is 3.02. The van der Waals surface area contributed by atoms with Gasteiger partial charge in [-0.1, -0.05) is 6.08 Å². The van der Waals surface area contributed by atoms with Crippen molar-refractivity contribution in [1.29, 1.82) is 0 Å². The van der Waals surface area contributed by atoms with Crippen LogP contribution in [0, 0.1) is 5.41 Å². The molecule has 0 bridgehead atoms. The van der Waals surface area contributed by atoms with Crippen molar-refractivity contribution in [2.24, 2.45) is 5.41 Å². The maximum Gasteiger partial charge on any atom is 0.312 e. The highest BCUT2D eigenvalue weighted by molar-refractivity contribution is 5.74. The SMILES string of the molecule is C=CCC(C)(CO)C(=O)O. The van der Waals surface area contributed by atoms with E-state index >= 15 is 0 Å². The van der Waals surface area contributed by atoms with E-state index in [1.807, 2.05) is 0 Å². The lowest BCUT2D eigenvalue weighted by molar-refractivity contribution is -0.150. The van der Waals surface area contributed by atoms with Gasteiger partial charge in [0.25, 0.3) is 0 Å². The summed E-state index contributed by atoms with van der Waals surface area (Å²) >= 11 is 0. The summed E-state index contributed by atoms with van der Waals surface area (Å²) in [7, 11) is 0. The molecule has 3 nitrogen and oxygen atoms in total. The second kappa shape index (κ2) is 3.37. The third-order valence-corrected chi connectivity index (χ3v) is 1.46. The van der Waals surface area contributed by atoms with Gasteiger partial charge in [-0.05, 0) is 13.3 Å². The Morgan fingerprint density at radius 1 is 1.80 bits per heavy atom. The molecule has 0 aliphatic carbocycles. The summed E-state index contributed by atoms with van der Waals surface area (Å²) in [5.74, 6) is -0.991. The van der Waals surface area contributed by atoms with Crippen molar-refractivity contribution in [3.63, 3.8) is 0 Å². The number of aliphatic hydroxyl groups excluding tert-OH is 1. The average Bonchev–Trinajstić information content (AvgIpc) is 1.88. The Labute approximate surface area is 60.0 Å². The van der Waals surface area contributed by atoms with Crippen molar-refractivity contribution >= 4 is 5.97 Å². The van der Waals surface area contributed by atoms with Gasteiger partial charge >= 0.3 is 5.97 Å². The van der Waals surface area contributed by atoms with E-state index in [1.54, 1.807) is 0 Å². The van der Waals surface area contributed by atoms with Crippen LogP contribution in [-0.2, 0) is 4.79 Å². The van der Waals surface area contributed by atoms with E-state index in [-0.39, 0.29) is 6.61 Å². The van der Waals surface area contributed by atoms with Crippen molar-refractivity contribution in [1.82, 2.24) is 0 Å². The second-order valence-electron chi connectivity index (χ2n) is 2.52. The molecule has 1 unspecified atom stereocenters. The normalized spacial score (nSPS) is 15.8. The molecule has 10 heavy (non-hydrogen) atoms. The summed E-state index contributed by atoms with van der Waals surface area (Å²) in [6.45, 7) is 4.53. The van der Waals surface area contributed by atoms with Crippen LogP contribution in [0.5, 0.6) is 0 Å². The maximum atomic E-state index is 10.4. The molecule has 0 aliphatic heterocycles. The largest absolute Gasteiger partial charge is 0.481 e. The van der Waals surface area contributed by atoms with Gasteiger partial charge in [0, 0.05) is 0 Å². The summed E-state index contributed by atoms with van der Waals surface area (Å²) < 4.78 is 0. The molecule has 0 fully saturated rings. The number of allylic oxidation sites excluding steroid dienone is 1. The highest BCUT2D eigenvalue weighted by Gasteiger charge is 2.30. The number of carbonyl (C=O) groups is 1. The Hall–Kier alpha value is -0.830. The summed E-state index contributed by atoms with van der Waals surface area (Å²) in [6.07, 6.45) is 1.78. The van der Waals surface area contributed by atoms with Crippen LogP contribution in [0.4, 0.5) is 0 Å². The standard InChI is InChI=1S/C7H12O3/c1-3-4-7(2,5-8)6(9)10/h3,8H,1,4-5H2,2H3,(H,9,10). The van der Waals surface area contributed by atoms with Gasteiger partial charge < -0.3 is 10.2 Å². The van der Waals surface area contributed by atoms with Gasteiger partial charge in [0.1, 0.15) is 0 Å². The molecule has 2 N–H and O–H groups in total. The molecule has 0 aliphatic rings. The lowest BCUT2D eigenvalue weighted by atomic mass is 9.88. The molecule has 0 aromatic rings. The Kier molecular flexibility index (Phi) is 3.09. The minimum Gasteiger partial charge on any atom is -0.481 e. The quantitative estimate of drug-likeness (QED) is 0.569. The lowest BCUT2D eigenvalue weighted by Crippen LogP contribution is -2.30. The topological polar surface area (TPSA) is 57.5 Å². The van der Waals surface area contributed by atoms with Gasteiger partial charge in [-0.15, -0.1) is 6.58 Å². The number of hydrogen-bond donors (Lipinski definition) is 2. The number of carboxylic acids is 1. The van der Waals surface area contributed by atoms with Crippen molar-refractivity contribution in [3.05, 3.63) is 12.7 Å². The number of rotatable bonds is 4. The predicted octanol–water partition coefficient (Wildman–Crippen LogP) is 0.646. The number of aliphatic carboxylic acids is 1. The van der Waals surface area contributed by atoms with Gasteiger partial charge in [-0.25, -0.2) is 0 Å². The van der Waals surface area contributed by atoms with Crippen LogP contribution in [0.3, 0.4) is 0 Å². The van der Waals surface area contributed by atoms with E-state index in [2.05, 4.69) is 6.58 Å². The van der Waals surface area contributed by atoms with E-state index in [0.29, 0.717) is 6.42 Å². The molecule has 3 heteroatoms. The zero-order valence-electron chi connectivity index (χ0n) is 6.00. The van der Waals surface area contributed by atoms with Crippen molar-refractivity contribution < 1.29 is 15.0 Å². The van der Waals surface area contributed by atoms with E-state index in [1.165, 1.54) is 13.0 Å². The minimum atomic E-state index is -1.05. The average molecular weight is 144 g/mol. The fraction of sp³-hybridized carbons (Fsp3) is 0.571. The monoisotopic (exact) mass is 144 g/mol. The van der Waals surface area contributed by atoms with Crippen molar-refractivity contribution in [2.45, 2.75) is 13.3 Å². The molecule has 1 atom stereocenters. The molecular formula is C7H12O3. The van der Waals surface area contributed by atoms with Crippen LogP contribution in [0.1, 0.15) is 13.3 Å². The first-order valence-electron chi connectivity index (χ1n) is 3.02. The molecule has 0 heterocycles. The number of carboxylic acid groups (broad SMARTS) is 1. The molecule has 0 saturated heterocycles. The highest BCUT2D eigenvalue weighted by Crippen LogP contribution is 2.20. The van der Waals surface area contributed by atoms with Crippen LogP contribution in [0.25, 0.3) is 0 Å². The fourth-order valence-electron chi connectivity index (χ4n) is 0.538. The Morgan fingerprint density at radius 2 is 2.30 bits per heavy atom. The Bertz CT molecular complexity index is 142. The van der Waals surface area contributed by atoms with Crippen LogP contribution in [-0.4, -0.2) is 22.8 Å². The Balaban J connectivity index is 4.21. The molecule has 0 aromatic carbocycles. The lowest BCUT2D eigenvalue weighted by Gasteiger charge is -2.19. The van der Waals surface area contributed by atoms with E-state index in [9.17, 15) is 4.79 Å². The minimum absolute atomic E-state index is 0.291. The number of hydrogen-bond acceptors (Lipinski definition) is 2. The summed E-state index contributed by atoms with van der Waals surface area (Å²) in [4.78, 5) is 10.4. The smallest absolute Gasteiger partial charge is 0.312 e. The van der Waals surface area contributed by atoms with Gasteiger partial charge in [0.2, 0.25) is 0 Å². The first kappa shape index (κ1) is 9.17.